The van der Waals surface area contributed by atoms with E-state index in [4.69, 9.17) is 4.74 Å². The van der Waals surface area contributed by atoms with Gasteiger partial charge >= 0.3 is 0 Å². The largest absolute Gasteiger partial charge is 0.369 e. The Morgan fingerprint density at radius 1 is 1.46 bits per heavy atom. The van der Waals surface area contributed by atoms with Crippen LogP contribution in [0.1, 0.15) is 26.7 Å². The monoisotopic (exact) mass is 251 g/mol. The molecule has 0 unspecified atom stereocenters. The fraction of sp³-hybridized carbons (Fsp3) is 0.889. The SMILES string of the molecule is CC(C)OCC(=O)NCCCCBr. The number of alkyl halides is 1. The lowest BCUT2D eigenvalue weighted by Crippen LogP contribution is -2.29. The molecule has 0 saturated heterocycles. The third-order valence-corrected chi connectivity index (χ3v) is 1.99. The topological polar surface area (TPSA) is 38.3 Å². The summed E-state index contributed by atoms with van der Waals surface area (Å²) >= 11 is 3.33. The molecule has 0 spiro atoms. The molecule has 0 aromatic heterocycles. The molecule has 1 N–H and O–H groups in total. The van der Waals surface area contributed by atoms with E-state index in [0.29, 0.717) is 0 Å². The number of amides is 1. The van der Waals surface area contributed by atoms with Gasteiger partial charge in [0.15, 0.2) is 0 Å². The normalized spacial score (nSPS) is 10.5. The number of nitrogens with one attached hydrogen (secondary N) is 1. The van der Waals surface area contributed by atoms with Crippen molar-refractivity contribution in [1.82, 2.24) is 5.32 Å². The van der Waals surface area contributed by atoms with Crippen molar-refractivity contribution in [3.05, 3.63) is 0 Å². The average Bonchev–Trinajstić information content (AvgIpc) is 2.09. The lowest BCUT2D eigenvalue weighted by Gasteiger charge is -2.07. The predicted molar refractivity (Wildman–Crippen MR) is 57.1 cm³/mol. The second-order valence-electron chi connectivity index (χ2n) is 3.11. The molecule has 0 radical (unpaired) electrons. The van der Waals surface area contributed by atoms with E-state index in [1.54, 1.807) is 0 Å². The molecule has 0 fully saturated rings. The van der Waals surface area contributed by atoms with Gasteiger partial charge in [0.05, 0.1) is 6.10 Å². The van der Waals surface area contributed by atoms with Crippen molar-refractivity contribution in [2.45, 2.75) is 32.8 Å². The summed E-state index contributed by atoms with van der Waals surface area (Å²) in [4.78, 5) is 11.1. The molecule has 0 aliphatic heterocycles. The van der Waals surface area contributed by atoms with Crippen LogP contribution < -0.4 is 5.32 Å². The van der Waals surface area contributed by atoms with E-state index in [9.17, 15) is 4.79 Å². The van der Waals surface area contributed by atoms with Crippen molar-refractivity contribution in [3.63, 3.8) is 0 Å². The maximum Gasteiger partial charge on any atom is 0.246 e. The number of carbonyl (C=O) groups is 1. The summed E-state index contributed by atoms with van der Waals surface area (Å²) in [5.74, 6) is -0.0247. The van der Waals surface area contributed by atoms with Crippen LogP contribution >= 0.6 is 15.9 Å². The lowest BCUT2D eigenvalue weighted by molar-refractivity contribution is -0.127. The zero-order chi connectivity index (χ0) is 10.1. The van der Waals surface area contributed by atoms with Gasteiger partial charge in [0, 0.05) is 11.9 Å². The zero-order valence-corrected chi connectivity index (χ0v) is 9.89. The summed E-state index contributed by atoms with van der Waals surface area (Å²) in [5, 5.41) is 3.78. The van der Waals surface area contributed by atoms with E-state index >= 15 is 0 Å². The first-order valence-corrected chi connectivity index (χ1v) is 5.73. The quantitative estimate of drug-likeness (QED) is 0.553. The number of carbonyl (C=O) groups excluding carboxylic acids is 1. The third-order valence-electron chi connectivity index (χ3n) is 1.43. The van der Waals surface area contributed by atoms with Gasteiger partial charge in [0.2, 0.25) is 5.91 Å². The molecular weight excluding hydrogens is 234 g/mol. The number of hydrogen-bond acceptors (Lipinski definition) is 2. The van der Waals surface area contributed by atoms with E-state index in [2.05, 4.69) is 21.2 Å². The van der Waals surface area contributed by atoms with Gasteiger partial charge in [-0.25, -0.2) is 0 Å². The molecule has 4 heteroatoms. The van der Waals surface area contributed by atoms with Crippen LogP contribution in [0.15, 0.2) is 0 Å². The first kappa shape index (κ1) is 12.9. The second kappa shape index (κ2) is 8.51. The van der Waals surface area contributed by atoms with Gasteiger partial charge in [-0.1, -0.05) is 15.9 Å². The van der Waals surface area contributed by atoms with Gasteiger partial charge in [-0.2, -0.15) is 0 Å². The fourth-order valence-corrected chi connectivity index (χ4v) is 1.14. The Morgan fingerprint density at radius 3 is 2.69 bits per heavy atom. The van der Waals surface area contributed by atoms with Crippen LogP contribution in [0.2, 0.25) is 0 Å². The Bertz CT molecular complexity index is 140. The van der Waals surface area contributed by atoms with Crippen LogP contribution in [-0.2, 0) is 9.53 Å². The lowest BCUT2D eigenvalue weighted by atomic mass is 10.3. The zero-order valence-electron chi connectivity index (χ0n) is 8.31. The standard InChI is InChI=1S/C9H18BrNO2/c1-8(2)13-7-9(12)11-6-4-3-5-10/h8H,3-7H2,1-2H3,(H,11,12). The molecule has 13 heavy (non-hydrogen) atoms. The molecular formula is C9H18BrNO2. The van der Waals surface area contributed by atoms with E-state index in [-0.39, 0.29) is 18.6 Å². The van der Waals surface area contributed by atoms with Gasteiger partial charge in [0.1, 0.15) is 6.61 Å². The number of ether oxygens (including phenoxy) is 1. The molecule has 0 aliphatic carbocycles. The molecule has 78 valence electrons. The van der Waals surface area contributed by atoms with E-state index in [0.717, 1.165) is 24.7 Å². The molecule has 0 saturated carbocycles. The summed E-state index contributed by atoms with van der Waals surface area (Å²) in [6, 6.07) is 0. The van der Waals surface area contributed by atoms with Crippen LogP contribution in [0.3, 0.4) is 0 Å². The van der Waals surface area contributed by atoms with Crippen molar-refractivity contribution >= 4 is 21.8 Å². The summed E-state index contributed by atoms with van der Waals surface area (Å²) in [7, 11) is 0. The van der Waals surface area contributed by atoms with Crippen molar-refractivity contribution in [2.24, 2.45) is 0 Å². The van der Waals surface area contributed by atoms with Crippen LogP contribution in [0.5, 0.6) is 0 Å². The highest BCUT2D eigenvalue weighted by molar-refractivity contribution is 9.09. The van der Waals surface area contributed by atoms with Crippen molar-refractivity contribution in [1.29, 1.82) is 0 Å². The molecule has 0 aliphatic rings. The molecule has 0 aromatic rings. The second-order valence-corrected chi connectivity index (χ2v) is 3.90. The number of rotatable bonds is 7. The summed E-state index contributed by atoms with van der Waals surface area (Å²) in [6.07, 6.45) is 2.22. The highest BCUT2D eigenvalue weighted by Gasteiger charge is 2.01. The molecule has 1 amide bonds. The molecule has 0 aromatic carbocycles. The van der Waals surface area contributed by atoms with Crippen molar-refractivity contribution in [2.75, 3.05) is 18.5 Å². The highest BCUT2D eigenvalue weighted by Crippen LogP contribution is 1.92. The minimum atomic E-state index is -0.0247. The van der Waals surface area contributed by atoms with Gasteiger partial charge in [-0.3, -0.25) is 4.79 Å². The Labute approximate surface area is 88.4 Å². The van der Waals surface area contributed by atoms with Crippen LogP contribution in [0, 0.1) is 0 Å². The third kappa shape index (κ3) is 9.83. The number of hydrogen-bond donors (Lipinski definition) is 1. The van der Waals surface area contributed by atoms with Gasteiger partial charge in [-0.05, 0) is 26.7 Å². The first-order chi connectivity index (χ1) is 6.16. The fourth-order valence-electron chi connectivity index (χ4n) is 0.741. The Hall–Kier alpha value is -0.0900. The van der Waals surface area contributed by atoms with Gasteiger partial charge in [0.25, 0.3) is 0 Å². The Morgan fingerprint density at radius 2 is 2.15 bits per heavy atom. The van der Waals surface area contributed by atoms with Crippen LogP contribution in [0.25, 0.3) is 0 Å². The molecule has 0 atom stereocenters. The van der Waals surface area contributed by atoms with Crippen molar-refractivity contribution in [3.8, 4) is 0 Å². The molecule has 3 nitrogen and oxygen atoms in total. The maximum absolute atomic E-state index is 11.1. The minimum Gasteiger partial charge on any atom is -0.369 e. The molecule has 0 heterocycles. The number of unbranched alkanes of at least 4 members (excludes halogenated alkanes) is 1. The summed E-state index contributed by atoms with van der Waals surface area (Å²) < 4.78 is 5.14. The minimum absolute atomic E-state index is 0.0247. The molecule has 0 rings (SSSR count). The summed E-state index contributed by atoms with van der Waals surface area (Å²) in [6.45, 7) is 4.74. The smallest absolute Gasteiger partial charge is 0.246 e. The average molecular weight is 252 g/mol. The molecule has 0 bridgehead atoms. The van der Waals surface area contributed by atoms with E-state index < -0.39 is 0 Å². The van der Waals surface area contributed by atoms with Crippen LogP contribution in [-0.4, -0.2) is 30.5 Å². The first-order valence-electron chi connectivity index (χ1n) is 4.61. The summed E-state index contributed by atoms with van der Waals surface area (Å²) in [5.41, 5.74) is 0. The van der Waals surface area contributed by atoms with E-state index in [1.165, 1.54) is 0 Å². The van der Waals surface area contributed by atoms with Crippen LogP contribution in [0.4, 0.5) is 0 Å². The van der Waals surface area contributed by atoms with Gasteiger partial charge in [-0.15, -0.1) is 0 Å². The van der Waals surface area contributed by atoms with E-state index in [1.807, 2.05) is 13.8 Å². The predicted octanol–water partition coefficient (Wildman–Crippen LogP) is 1.70. The Balaban J connectivity index is 3.20. The maximum atomic E-state index is 11.1. The highest BCUT2D eigenvalue weighted by atomic mass is 79.9. The Kier molecular flexibility index (Phi) is 8.45. The van der Waals surface area contributed by atoms with Gasteiger partial charge < -0.3 is 10.1 Å². The van der Waals surface area contributed by atoms with Crippen molar-refractivity contribution < 1.29 is 9.53 Å². The number of halogens is 1.